The largest absolute Gasteiger partial charge is 0.394 e. The number of nitrogens with two attached hydrogens (primary N) is 1. The number of aliphatic hydroxyl groups is 1. The number of hydrogen-bond donors (Lipinski definition) is 4. The third kappa shape index (κ3) is 2.91. The van der Waals surface area contributed by atoms with Crippen molar-refractivity contribution in [2.24, 2.45) is 11.8 Å². The standard InChI is InChI=1S/C13H22N4O/c1-10-2-5-13(9-18,6-3-10)16-11-4-7-15-12(8-11)17-14/h4,7-8,10,18H,2-3,5-6,9,14H2,1H3,(H2,15,16,17). The van der Waals surface area contributed by atoms with E-state index in [-0.39, 0.29) is 12.1 Å². The number of hydrogen-bond acceptors (Lipinski definition) is 5. The molecule has 1 saturated carbocycles. The summed E-state index contributed by atoms with van der Waals surface area (Å²) in [6, 6.07) is 3.76. The third-order valence-corrected chi connectivity index (χ3v) is 3.85. The summed E-state index contributed by atoms with van der Waals surface area (Å²) in [4.78, 5) is 4.07. The molecule has 1 aliphatic rings. The van der Waals surface area contributed by atoms with E-state index >= 15 is 0 Å². The molecule has 0 bridgehead atoms. The van der Waals surface area contributed by atoms with Gasteiger partial charge in [0.15, 0.2) is 0 Å². The molecule has 0 radical (unpaired) electrons. The Hall–Kier alpha value is -1.33. The lowest BCUT2D eigenvalue weighted by molar-refractivity contribution is 0.155. The van der Waals surface area contributed by atoms with Gasteiger partial charge in [-0.1, -0.05) is 6.92 Å². The number of aromatic nitrogens is 1. The smallest absolute Gasteiger partial charge is 0.141 e. The first kappa shape index (κ1) is 13.1. The molecule has 2 rings (SSSR count). The Kier molecular flexibility index (Phi) is 4.04. The molecular formula is C13H22N4O. The molecule has 0 spiro atoms. The Morgan fingerprint density at radius 1 is 1.50 bits per heavy atom. The van der Waals surface area contributed by atoms with Crippen LogP contribution >= 0.6 is 0 Å². The quantitative estimate of drug-likeness (QED) is 0.483. The van der Waals surface area contributed by atoms with Gasteiger partial charge >= 0.3 is 0 Å². The van der Waals surface area contributed by atoms with E-state index in [1.807, 2.05) is 12.1 Å². The second-order valence-corrected chi connectivity index (χ2v) is 5.32. The van der Waals surface area contributed by atoms with Crippen LogP contribution < -0.4 is 16.6 Å². The van der Waals surface area contributed by atoms with Crippen LogP contribution in [0.3, 0.4) is 0 Å². The molecule has 18 heavy (non-hydrogen) atoms. The molecular weight excluding hydrogens is 228 g/mol. The lowest BCUT2D eigenvalue weighted by atomic mass is 9.77. The van der Waals surface area contributed by atoms with Crippen LogP contribution in [0.1, 0.15) is 32.6 Å². The maximum Gasteiger partial charge on any atom is 0.141 e. The van der Waals surface area contributed by atoms with Crippen molar-refractivity contribution in [3.05, 3.63) is 18.3 Å². The van der Waals surface area contributed by atoms with Gasteiger partial charge in [0.1, 0.15) is 5.82 Å². The summed E-state index contributed by atoms with van der Waals surface area (Å²) in [5.41, 5.74) is 3.28. The van der Waals surface area contributed by atoms with Crippen molar-refractivity contribution in [2.75, 3.05) is 17.3 Å². The molecule has 0 aliphatic heterocycles. The molecule has 1 aliphatic carbocycles. The van der Waals surface area contributed by atoms with Gasteiger partial charge in [-0.3, -0.25) is 0 Å². The minimum Gasteiger partial charge on any atom is -0.394 e. The Morgan fingerprint density at radius 3 is 2.83 bits per heavy atom. The first-order chi connectivity index (χ1) is 8.67. The highest BCUT2D eigenvalue weighted by atomic mass is 16.3. The van der Waals surface area contributed by atoms with Crippen LogP contribution in [0.2, 0.25) is 0 Å². The normalized spacial score (nSPS) is 27.8. The van der Waals surface area contributed by atoms with E-state index in [1.165, 1.54) is 0 Å². The fourth-order valence-corrected chi connectivity index (χ4v) is 2.53. The molecule has 5 N–H and O–H groups in total. The predicted octanol–water partition coefficient (Wildman–Crippen LogP) is 1.72. The van der Waals surface area contributed by atoms with Gasteiger partial charge in [-0.25, -0.2) is 10.8 Å². The van der Waals surface area contributed by atoms with Gasteiger partial charge in [0.2, 0.25) is 0 Å². The molecule has 0 unspecified atom stereocenters. The topological polar surface area (TPSA) is 83.2 Å². The molecule has 0 saturated heterocycles. The lowest BCUT2D eigenvalue weighted by Crippen LogP contribution is -2.45. The van der Waals surface area contributed by atoms with Crippen LogP contribution in [0.25, 0.3) is 0 Å². The van der Waals surface area contributed by atoms with E-state index in [4.69, 9.17) is 5.84 Å². The van der Waals surface area contributed by atoms with E-state index in [1.54, 1.807) is 6.20 Å². The Morgan fingerprint density at radius 2 is 2.22 bits per heavy atom. The highest BCUT2D eigenvalue weighted by Crippen LogP contribution is 2.34. The highest BCUT2D eigenvalue weighted by molar-refractivity contribution is 5.53. The fourth-order valence-electron chi connectivity index (χ4n) is 2.53. The van der Waals surface area contributed by atoms with Crippen molar-refractivity contribution in [1.82, 2.24) is 4.98 Å². The van der Waals surface area contributed by atoms with Gasteiger partial charge in [0, 0.05) is 18.0 Å². The number of anilines is 2. The summed E-state index contributed by atoms with van der Waals surface area (Å²) < 4.78 is 0. The highest BCUT2D eigenvalue weighted by Gasteiger charge is 2.33. The monoisotopic (exact) mass is 250 g/mol. The van der Waals surface area contributed by atoms with E-state index in [0.717, 1.165) is 37.3 Å². The summed E-state index contributed by atoms with van der Waals surface area (Å²) >= 11 is 0. The van der Waals surface area contributed by atoms with E-state index < -0.39 is 0 Å². The molecule has 1 fully saturated rings. The second kappa shape index (κ2) is 5.54. The maximum absolute atomic E-state index is 9.70. The van der Waals surface area contributed by atoms with Crippen LogP contribution in [0.4, 0.5) is 11.5 Å². The van der Waals surface area contributed by atoms with Gasteiger partial charge in [0.25, 0.3) is 0 Å². The van der Waals surface area contributed by atoms with E-state index in [2.05, 4.69) is 22.7 Å². The molecule has 0 aromatic carbocycles. The van der Waals surface area contributed by atoms with Crippen molar-refractivity contribution in [2.45, 2.75) is 38.1 Å². The average Bonchev–Trinajstić information content (AvgIpc) is 2.42. The van der Waals surface area contributed by atoms with Gasteiger partial charge in [-0.05, 0) is 37.7 Å². The SMILES string of the molecule is CC1CCC(CO)(Nc2ccnc(NN)c2)CC1. The van der Waals surface area contributed by atoms with Gasteiger partial charge in [0.05, 0.1) is 12.1 Å². The molecule has 5 heteroatoms. The number of pyridine rings is 1. The van der Waals surface area contributed by atoms with Gasteiger partial charge in [-0.15, -0.1) is 0 Å². The minimum absolute atomic E-state index is 0.160. The molecule has 0 atom stereocenters. The lowest BCUT2D eigenvalue weighted by Gasteiger charge is -2.39. The van der Waals surface area contributed by atoms with E-state index in [0.29, 0.717) is 5.82 Å². The van der Waals surface area contributed by atoms with Crippen LogP contribution in [-0.2, 0) is 0 Å². The molecule has 1 aromatic heterocycles. The zero-order valence-electron chi connectivity index (χ0n) is 10.8. The molecule has 0 amide bonds. The van der Waals surface area contributed by atoms with E-state index in [9.17, 15) is 5.11 Å². The average molecular weight is 250 g/mol. The Bertz CT molecular complexity index is 388. The number of aliphatic hydroxyl groups excluding tert-OH is 1. The summed E-state index contributed by atoms with van der Waals surface area (Å²) in [5, 5.41) is 13.2. The predicted molar refractivity (Wildman–Crippen MR) is 73.1 cm³/mol. The molecule has 1 heterocycles. The summed E-state index contributed by atoms with van der Waals surface area (Å²) in [6.07, 6.45) is 6.01. The number of rotatable bonds is 4. The molecule has 1 aromatic rings. The zero-order chi connectivity index (χ0) is 13.0. The van der Waals surface area contributed by atoms with Crippen molar-refractivity contribution >= 4 is 11.5 Å². The van der Waals surface area contributed by atoms with Crippen LogP contribution in [-0.4, -0.2) is 22.2 Å². The number of nitrogens with one attached hydrogen (secondary N) is 2. The Labute approximate surface area is 108 Å². The number of nitrogens with zero attached hydrogens (tertiary/aromatic N) is 1. The first-order valence-electron chi connectivity index (χ1n) is 6.49. The van der Waals surface area contributed by atoms with Crippen LogP contribution in [0, 0.1) is 5.92 Å². The second-order valence-electron chi connectivity index (χ2n) is 5.32. The van der Waals surface area contributed by atoms with Crippen LogP contribution in [0.15, 0.2) is 18.3 Å². The zero-order valence-corrected chi connectivity index (χ0v) is 10.8. The molecule has 100 valence electrons. The summed E-state index contributed by atoms with van der Waals surface area (Å²) in [5.74, 6) is 6.72. The van der Waals surface area contributed by atoms with Gasteiger partial charge in [-0.2, -0.15) is 0 Å². The number of hydrazine groups is 1. The van der Waals surface area contributed by atoms with Gasteiger partial charge < -0.3 is 15.8 Å². The van der Waals surface area contributed by atoms with Crippen molar-refractivity contribution < 1.29 is 5.11 Å². The van der Waals surface area contributed by atoms with Crippen molar-refractivity contribution in [3.63, 3.8) is 0 Å². The minimum atomic E-state index is -0.195. The fraction of sp³-hybridized carbons (Fsp3) is 0.615. The first-order valence-corrected chi connectivity index (χ1v) is 6.49. The van der Waals surface area contributed by atoms with Crippen molar-refractivity contribution in [3.8, 4) is 0 Å². The maximum atomic E-state index is 9.70. The van der Waals surface area contributed by atoms with Crippen LogP contribution in [0.5, 0.6) is 0 Å². The molecule has 5 nitrogen and oxygen atoms in total. The third-order valence-electron chi connectivity index (χ3n) is 3.85. The summed E-state index contributed by atoms with van der Waals surface area (Å²) in [7, 11) is 0. The summed E-state index contributed by atoms with van der Waals surface area (Å²) in [6.45, 7) is 2.43. The Balaban J connectivity index is 2.09. The van der Waals surface area contributed by atoms with Crippen molar-refractivity contribution in [1.29, 1.82) is 0 Å². The number of nitrogen functional groups attached to an aromatic ring is 1.